The van der Waals surface area contributed by atoms with E-state index < -0.39 is 5.97 Å². The molecule has 0 spiro atoms. The van der Waals surface area contributed by atoms with Gasteiger partial charge in [-0.1, -0.05) is 39.8 Å². The highest BCUT2D eigenvalue weighted by Crippen LogP contribution is 2.25. The number of carbonyl (C=O) groups excluding carboxylic acids is 1. The monoisotopic (exact) mass is 488 g/mol. The molecule has 0 bridgehead atoms. The molecule has 0 saturated carbocycles. The fourth-order valence-electron chi connectivity index (χ4n) is 3.44. The summed E-state index contributed by atoms with van der Waals surface area (Å²) in [6.07, 6.45) is 1.95. The van der Waals surface area contributed by atoms with Crippen molar-refractivity contribution in [2.75, 3.05) is 13.7 Å². The van der Waals surface area contributed by atoms with Crippen molar-refractivity contribution < 1.29 is 14.3 Å². The van der Waals surface area contributed by atoms with Crippen LogP contribution in [-0.4, -0.2) is 35.3 Å². The maximum Gasteiger partial charge on any atom is 0.337 e. The molecule has 4 rings (SSSR count). The lowest BCUT2D eigenvalue weighted by atomic mass is 10.1. The van der Waals surface area contributed by atoms with Gasteiger partial charge in [0.15, 0.2) is 5.16 Å². The lowest BCUT2D eigenvalue weighted by molar-refractivity contribution is 0.0601. The van der Waals surface area contributed by atoms with Gasteiger partial charge in [-0.05, 0) is 48.7 Å². The van der Waals surface area contributed by atoms with E-state index in [9.17, 15) is 9.59 Å². The second kappa shape index (κ2) is 9.32. The first-order valence-electron chi connectivity index (χ1n) is 9.67. The Morgan fingerprint density at radius 2 is 2.10 bits per heavy atom. The Morgan fingerprint density at radius 1 is 1.30 bits per heavy atom. The van der Waals surface area contributed by atoms with Crippen LogP contribution in [0.1, 0.15) is 28.8 Å². The predicted octanol–water partition coefficient (Wildman–Crippen LogP) is 4.42. The minimum Gasteiger partial charge on any atom is -0.465 e. The summed E-state index contributed by atoms with van der Waals surface area (Å²) in [6, 6.07) is 12.9. The summed E-state index contributed by atoms with van der Waals surface area (Å²) < 4.78 is 13.3. The minimum absolute atomic E-state index is 0.0170. The first-order valence-corrected chi connectivity index (χ1v) is 11.4. The van der Waals surface area contributed by atoms with E-state index in [1.54, 1.807) is 22.8 Å². The van der Waals surface area contributed by atoms with E-state index in [2.05, 4.69) is 15.9 Å². The average molecular weight is 489 g/mol. The molecule has 3 aromatic rings. The van der Waals surface area contributed by atoms with Crippen LogP contribution in [-0.2, 0) is 21.8 Å². The van der Waals surface area contributed by atoms with Gasteiger partial charge in [-0.25, -0.2) is 9.78 Å². The molecule has 2 aromatic carbocycles. The third-order valence-electron chi connectivity index (χ3n) is 5.03. The van der Waals surface area contributed by atoms with E-state index >= 15 is 0 Å². The summed E-state index contributed by atoms with van der Waals surface area (Å²) >= 11 is 4.95. The van der Waals surface area contributed by atoms with Gasteiger partial charge < -0.3 is 9.47 Å². The second-order valence-corrected chi connectivity index (χ2v) is 8.94. The van der Waals surface area contributed by atoms with Crippen LogP contribution in [0.25, 0.3) is 10.9 Å². The summed E-state index contributed by atoms with van der Waals surface area (Å²) in [5, 5.41) is 1.10. The molecule has 2 heterocycles. The number of ether oxygens (including phenoxy) is 2. The third kappa shape index (κ3) is 4.61. The Bertz CT molecular complexity index is 1120. The highest BCUT2D eigenvalue weighted by molar-refractivity contribution is 9.10. The van der Waals surface area contributed by atoms with E-state index in [4.69, 9.17) is 14.5 Å². The zero-order valence-electron chi connectivity index (χ0n) is 16.5. The van der Waals surface area contributed by atoms with Crippen LogP contribution >= 0.6 is 27.7 Å². The number of hydrogen-bond acceptors (Lipinski definition) is 6. The number of esters is 1. The molecule has 1 saturated heterocycles. The van der Waals surface area contributed by atoms with Crippen molar-refractivity contribution in [2.24, 2.45) is 0 Å². The van der Waals surface area contributed by atoms with Crippen LogP contribution in [0.4, 0.5) is 0 Å². The zero-order valence-corrected chi connectivity index (χ0v) is 18.9. The lowest BCUT2D eigenvalue weighted by Crippen LogP contribution is -2.29. The van der Waals surface area contributed by atoms with E-state index in [1.807, 2.05) is 24.3 Å². The summed E-state index contributed by atoms with van der Waals surface area (Å²) in [4.78, 5) is 29.9. The summed E-state index contributed by atoms with van der Waals surface area (Å²) in [5.74, 6) is 0.222. The van der Waals surface area contributed by atoms with Gasteiger partial charge in [0.05, 0.1) is 36.2 Å². The third-order valence-corrected chi connectivity index (χ3v) is 6.61. The Hall–Kier alpha value is -2.16. The molecule has 30 heavy (non-hydrogen) atoms. The van der Waals surface area contributed by atoms with Crippen molar-refractivity contribution in [1.29, 1.82) is 0 Å². The first-order chi connectivity index (χ1) is 14.5. The van der Waals surface area contributed by atoms with Crippen molar-refractivity contribution in [3.05, 3.63) is 68.4 Å². The van der Waals surface area contributed by atoms with E-state index in [0.29, 0.717) is 33.9 Å². The predicted molar refractivity (Wildman–Crippen MR) is 120 cm³/mol. The van der Waals surface area contributed by atoms with Crippen molar-refractivity contribution in [1.82, 2.24) is 9.55 Å². The quantitative estimate of drug-likeness (QED) is 0.290. The number of carbonyl (C=O) groups is 1. The summed E-state index contributed by atoms with van der Waals surface area (Å²) in [7, 11) is 1.33. The first kappa shape index (κ1) is 21.1. The van der Waals surface area contributed by atoms with Crippen LogP contribution < -0.4 is 5.56 Å². The lowest BCUT2D eigenvalue weighted by Gasteiger charge is -2.16. The molecular weight excluding hydrogens is 468 g/mol. The molecule has 1 fully saturated rings. The molecule has 0 aliphatic carbocycles. The molecule has 8 heteroatoms. The fraction of sp³-hybridized carbons (Fsp3) is 0.318. The molecule has 1 aromatic heterocycles. The average Bonchev–Trinajstić information content (AvgIpc) is 3.28. The summed E-state index contributed by atoms with van der Waals surface area (Å²) in [5.41, 5.74) is 1.87. The van der Waals surface area contributed by atoms with E-state index in [1.165, 1.54) is 18.9 Å². The van der Waals surface area contributed by atoms with E-state index in [0.717, 1.165) is 29.5 Å². The minimum atomic E-state index is -0.453. The van der Waals surface area contributed by atoms with Crippen LogP contribution in [0.5, 0.6) is 0 Å². The standard InChI is InChI=1S/C22H21BrN2O4S/c1-28-21(27)15-6-9-18-19(11-15)24-22(30-13-14-4-7-16(23)8-5-14)25(20(18)26)12-17-3-2-10-29-17/h4-9,11,17H,2-3,10,12-13H2,1H3. The van der Waals surface area contributed by atoms with Crippen LogP contribution in [0.3, 0.4) is 0 Å². The number of rotatable bonds is 6. The van der Waals surface area contributed by atoms with Crippen molar-refractivity contribution in [2.45, 2.75) is 36.4 Å². The Morgan fingerprint density at radius 3 is 2.80 bits per heavy atom. The van der Waals surface area contributed by atoms with Crippen molar-refractivity contribution >= 4 is 44.6 Å². The van der Waals surface area contributed by atoms with Gasteiger partial charge in [0.25, 0.3) is 5.56 Å². The van der Waals surface area contributed by atoms with Crippen LogP contribution in [0.15, 0.2) is 56.9 Å². The molecule has 0 amide bonds. The number of thioether (sulfide) groups is 1. The van der Waals surface area contributed by atoms with Crippen LogP contribution in [0, 0.1) is 0 Å². The van der Waals surface area contributed by atoms with Crippen molar-refractivity contribution in [3.8, 4) is 0 Å². The Balaban J connectivity index is 1.73. The van der Waals surface area contributed by atoms with Gasteiger partial charge >= 0.3 is 5.97 Å². The van der Waals surface area contributed by atoms with Gasteiger partial charge in [-0.2, -0.15) is 0 Å². The molecular formula is C22H21BrN2O4S. The molecule has 0 N–H and O–H groups in total. The maximum atomic E-state index is 13.3. The summed E-state index contributed by atoms with van der Waals surface area (Å²) in [6.45, 7) is 1.20. The number of halogens is 1. The van der Waals surface area contributed by atoms with Gasteiger partial charge in [-0.3, -0.25) is 9.36 Å². The number of benzene rings is 2. The van der Waals surface area contributed by atoms with Crippen molar-refractivity contribution in [3.63, 3.8) is 0 Å². The SMILES string of the molecule is COC(=O)c1ccc2c(=O)n(CC3CCCO3)c(SCc3ccc(Br)cc3)nc2c1. The molecule has 6 nitrogen and oxygen atoms in total. The molecule has 1 aliphatic rings. The van der Waals surface area contributed by atoms with Gasteiger partial charge in [0.1, 0.15) is 0 Å². The fourth-order valence-corrected chi connectivity index (χ4v) is 4.67. The molecule has 1 atom stereocenters. The highest BCUT2D eigenvalue weighted by Gasteiger charge is 2.21. The van der Waals surface area contributed by atoms with Gasteiger partial charge in [0.2, 0.25) is 0 Å². The van der Waals surface area contributed by atoms with Crippen LogP contribution in [0.2, 0.25) is 0 Å². The number of methoxy groups -OCH3 is 1. The maximum absolute atomic E-state index is 13.3. The zero-order chi connectivity index (χ0) is 21.1. The van der Waals surface area contributed by atoms with E-state index in [-0.39, 0.29) is 11.7 Å². The second-order valence-electron chi connectivity index (χ2n) is 7.08. The highest BCUT2D eigenvalue weighted by atomic mass is 79.9. The molecule has 0 radical (unpaired) electrons. The number of nitrogens with zero attached hydrogens (tertiary/aromatic N) is 2. The largest absolute Gasteiger partial charge is 0.465 e. The molecule has 1 aliphatic heterocycles. The number of aromatic nitrogens is 2. The topological polar surface area (TPSA) is 70.4 Å². The Labute approximate surface area is 186 Å². The normalized spacial score (nSPS) is 16.1. The van der Waals surface area contributed by atoms with Gasteiger partial charge in [0, 0.05) is 16.8 Å². The molecule has 156 valence electrons. The smallest absolute Gasteiger partial charge is 0.337 e. The number of fused-ring (bicyclic) bond motifs is 1. The number of hydrogen-bond donors (Lipinski definition) is 0. The van der Waals surface area contributed by atoms with Gasteiger partial charge in [-0.15, -0.1) is 0 Å². The Kier molecular flexibility index (Phi) is 6.55. The molecule has 1 unspecified atom stereocenters.